The zero-order chi connectivity index (χ0) is 16.4. The molecule has 0 atom stereocenters. The monoisotopic (exact) mass is 309 g/mol. The van der Waals surface area contributed by atoms with Gasteiger partial charge in [-0.1, -0.05) is 45.0 Å². The predicted octanol–water partition coefficient (Wildman–Crippen LogP) is 4.48. The van der Waals surface area contributed by atoms with Crippen molar-refractivity contribution in [3.8, 4) is 5.75 Å². The Bertz CT molecular complexity index is 798. The Balaban J connectivity index is 1.70. The Morgan fingerprint density at radius 1 is 1.09 bits per heavy atom. The number of hydrogen-bond donors (Lipinski definition) is 2. The smallest absolute Gasteiger partial charge is 0.201 e. The lowest BCUT2D eigenvalue weighted by molar-refractivity contribution is 0.415. The van der Waals surface area contributed by atoms with Crippen LogP contribution in [0.5, 0.6) is 5.75 Å². The minimum Gasteiger partial charge on any atom is -0.497 e. The molecule has 4 nitrogen and oxygen atoms in total. The molecule has 0 fully saturated rings. The molecule has 0 bridgehead atoms. The summed E-state index contributed by atoms with van der Waals surface area (Å²) in [6.45, 7) is 7.41. The SMILES string of the molecule is COc1ccc2nc(NCc3ccc(C(C)(C)C)cc3)[nH]c2c1. The highest BCUT2D eigenvalue weighted by Gasteiger charge is 2.12. The molecule has 0 saturated carbocycles. The van der Waals surface area contributed by atoms with Gasteiger partial charge in [0.1, 0.15) is 5.75 Å². The number of ether oxygens (including phenoxy) is 1. The van der Waals surface area contributed by atoms with Gasteiger partial charge in [0.25, 0.3) is 0 Å². The second-order valence-electron chi connectivity index (χ2n) is 6.77. The second-order valence-corrected chi connectivity index (χ2v) is 6.77. The molecule has 2 aromatic carbocycles. The molecule has 0 amide bonds. The van der Waals surface area contributed by atoms with Gasteiger partial charge in [-0.15, -0.1) is 0 Å². The number of benzene rings is 2. The van der Waals surface area contributed by atoms with E-state index < -0.39 is 0 Å². The number of nitrogens with zero attached hydrogens (tertiary/aromatic N) is 1. The molecule has 1 heterocycles. The van der Waals surface area contributed by atoms with Gasteiger partial charge in [-0.05, 0) is 28.7 Å². The average molecular weight is 309 g/mol. The minimum absolute atomic E-state index is 0.184. The van der Waals surface area contributed by atoms with Gasteiger partial charge < -0.3 is 15.0 Å². The summed E-state index contributed by atoms with van der Waals surface area (Å²) >= 11 is 0. The fourth-order valence-electron chi connectivity index (χ4n) is 2.51. The Labute approximate surface area is 136 Å². The summed E-state index contributed by atoms with van der Waals surface area (Å²) in [7, 11) is 1.66. The lowest BCUT2D eigenvalue weighted by atomic mass is 9.87. The fraction of sp³-hybridized carbons (Fsp3) is 0.316. The molecular formula is C19H23N3O. The summed E-state index contributed by atoms with van der Waals surface area (Å²) in [5.41, 5.74) is 4.66. The van der Waals surface area contributed by atoms with Crippen LogP contribution in [0.2, 0.25) is 0 Å². The molecule has 1 aromatic heterocycles. The highest BCUT2D eigenvalue weighted by molar-refractivity contribution is 5.79. The second kappa shape index (κ2) is 5.95. The van der Waals surface area contributed by atoms with Crippen LogP contribution in [0.4, 0.5) is 5.95 Å². The van der Waals surface area contributed by atoms with Gasteiger partial charge in [0.15, 0.2) is 0 Å². The lowest BCUT2D eigenvalue weighted by Crippen LogP contribution is -2.11. The van der Waals surface area contributed by atoms with Crippen LogP contribution in [0.3, 0.4) is 0 Å². The summed E-state index contributed by atoms with van der Waals surface area (Å²) in [5.74, 6) is 1.60. The Kier molecular flexibility index (Phi) is 3.99. The van der Waals surface area contributed by atoms with Gasteiger partial charge in [-0.3, -0.25) is 0 Å². The van der Waals surface area contributed by atoms with Crippen molar-refractivity contribution in [2.75, 3.05) is 12.4 Å². The Hall–Kier alpha value is -2.49. The first-order chi connectivity index (χ1) is 11.0. The van der Waals surface area contributed by atoms with E-state index in [0.717, 1.165) is 29.3 Å². The maximum absolute atomic E-state index is 5.23. The molecule has 0 spiro atoms. The summed E-state index contributed by atoms with van der Waals surface area (Å²) in [5, 5.41) is 3.34. The summed E-state index contributed by atoms with van der Waals surface area (Å²) in [6.07, 6.45) is 0. The first-order valence-corrected chi connectivity index (χ1v) is 7.83. The van der Waals surface area contributed by atoms with Crippen molar-refractivity contribution >= 4 is 17.0 Å². The number of methoxy groups -OCH3 is 1. The van der Waals surface area contributed by atoms with E-state index in [1.165, 1.54) is 11.1 Å². The minimum atomic E-state index is 0.184. The molecule has 2 N–H and O–H groups in total. The lowest BCUT2D eigenvalue weighted by Gasteiger charge is -2.19. The molecule has 0 aliphatic carbocycles. The molecule has 0 saturated heterocycles. The van der Waals surface area contributed by atoms with E-state index in [1.54, 1.807) is 7.11 Å². The molecular weight excluding hydrogens is 286 g/mol. The standard InChI is InChI=1S/C19H23N3O/c1-19(2,3)14-7-5-13(6-8-14)12-20-18-21-16-10-9-15(23-4)11-17(16)22-18/h5-11H,12H2,1-4H3,(H2,20,21,22). The van der Waals surface area contributed by atoms with Gasteiger partial charge in [-0.2, -0.15) is 0 Å². The number of aromatic nitrogens is 2. The van der Waals surface area contributed by atoms with Crippen LogP contribution in [-0.2, 0) is 12.0 Å². The van der Waals surface area contributed by atoms with Crippen LogP contribution >= 0.6 is 0 Å². The maximum Gasteiger partial charge on any atom is 0.201 e. The van der Waals surface area contributed by atoms with Crippen LogP contribution in [0, 0.1) is 0 Å². The number of aromatic amines is 1. The number of imidazole rings is 1. The number of fused-ring (bicyclic) bond motifs is 1. The molecule has 3 rings (SSSR count). The van der Waals surface area contributed by atoms with E-state index in [-0.39, 0.29) is 5.41 Å². The van der Waals surface area contributed by atoms with Crippen molar-refractivity contribution in [3.05, 3.63) is 53.6 Å². The number of H-pyrrole nitrogens is 1. The first-order valence-electron chi connectivity index (χ1n) is 7.83. The summed E-state index contributed by atoms with van der Waals surface area (Å²) < 4.78 is 5.23. The molecule has 3 aromatic rings. The van der Waals surface area contributed by atoms with E-state index in [9.17, 15) is 0 Å². The topological polar surface area (TPSA) is 49.9 Å². The zero-order valence-corrected chi connectivity index (χ0v) is 14.1. The first kappa shape index (κ1) is 15.4. The zero-order valence-electron chi connectivity index (χ0n) is 14.1. The van der Waals surface area contributed by atoms with E-state index in [2.05, 4.69) is 60.3 Å². The van der Waals surface area contributed by atoms with E-state index in [0.29, 0.717) is 0 Å². The molecule has 0 unspecified atom stereocenters. The molecule has 120 valence electrons. The van der Waals surface area contributed by atoms with Crippen LogP contribution in [0.25, 0.3) is 11.0 Å². The highest BCUT2D eigenvalue weighted by Crippen LogP contribution is 2.23. The van der Waals surface area contributed by atoms with E-state index >= 15 is 0 Å². The van der Waals surface area contributed by atoms with Crippen LogP contribution in [-0.4, -0.2) is 17.1 Å². The molecule has 23 heavy (non-hydrogen) atoms. The third kappa shape index (κ3) is 3.47. The van der Waals surface area contributed by atoms with Crippen LogP contribution < -0.4 is 10.1 Å². The third-order valence-corrected chi connectivity index (χ3v) is 3.97. The Morgan fingerprint density at radius 3 is 2.48 bits per heavy atom. The normalized spacial score (nSPS) is 11.7. The van der Waals surface area contributed by atoms with Crippen molar-refractivity contribution < 1.29 is 4.74 Å². The largest absolute Gasteiger partial charge is 0.497 e. The van der Waals surface area contributed by atoms with E-state index in [1.807, 2.05) is 18.2 Å². The maximum atomic E-state index is 5.23. The third-order valence-electron chi connectivity index (χ3n) is 3.97. The van der Waals surface area contributed by atoms with Gasteiger partial charge in [0.2, 0.25) is 5.95 Å². The number of nitrogens with one attached hydrogen (secondary N) is 2. The van der Waals surface area contributed by atoms with Crippen molar-refractivity contribution in [3.63, 3.8) is 0 Å². The Morgan fingerprint density at radius 2 is 1.83 bits per heavy atom. The van der Waals surface area contributed by atoms with Gasteiger partial charge >= 0.3 is 0 Å². The fourth-order valence-corrected chi connectivity index (χ4v) is 2.51. The summed E-state index contributed by atoms with van der Waals surface area (Å²) in [4.78, 5) is 7.81. The van der Waals surface area contributed by atoms with Crippen molar-refractivity contribution in [1.82, 2.24) is 9.97 Å². The average Bonchev–Trinajstić information content (AvgIpc) is 2.94. The van der Waals surface area contributed by atoms with Crippen LogP contribution in [0.15, 0.2) is 42.5 Å². The van der Waals surface area contributed by atoms with Crippen LogP contribution in [0.1, 0.15) is 31.9 Å². The quantitative estimate of drug-likeness (QED) is 0.747. The number of rotatable bonds is 4. The molecule has 0 radical (unpaired) electrons. The van der Waals surface area contributed by atoms with E-state index in [4.69, 9.17) is 4.74 Å². The van der Waals surface area contributed by atoms with Crippen molar-refractivity contribution in [2.45, 2.75) is 32.7 Å². The highest BCUT2D eigenvalue weighted by atomic mass is 16.5. The van der Waals surface area contributed by atoms with Gasteiger partial charge in [0, 0.05) is 12.6 Å². The number of hydrogen-bond acceptors (Lipinski definition) is 3. The van der Waals surface area contributed by atoms with Gasteiger partial charge in [-0.25, -0.2) is 4.98 Å². The van der Waals surface area contributed by atoms with Crippen molar-refractivity contribution in [1.29, 1.82) is 0 Å². The van der Waals surface area contributed by atoms with Crippen molar-refractivity contribution in [2.24, 2.45) is 0 Å². The summed E-state index contributed by atoms with van der Waals surface area (Å²) in [6, 6.07) is 14.5. The molecule has 0 aliphatic heterocycles. The molecule has 4 heteroatoms. The predicted molar refractivity (Wildman–Crippen MR) is 95.1 cm³/mol. The number of anilines is 1. The van der Waals surface area contributed by atoms with Gasteiger partial charge in [0.05, 0.1) is 18.1 Å². The molecule has 0 aliphatic rings.